The van der Waals surface area contributed by atoms with Gasteiger partial charge in [0, 0.05) is 35.2 Å². The Morgan fingerprint density at radius 3 is 2.67 bits per heavy atom. The summed E-state index contributed by atoms with van der Waals surface area (Å²) in [6, 6.07) is 8.28. The number of hydrogen-bond acceptors (Lipinski definition) is 5. The summed E-state index contributed by atoms with van der Waals surface area (Å²) in [6.07, 6.45) is 2.45. The third kappa shape index (κ3) is 4.68. The maximum absolute atomic E-state index is 4.68. The van der Waals surface area contributed by atoms with E-state index in [4.69, 9.17) is 0 Å². The number of rotatable bonds is 7. The van der Waals surface area contributed by atoms with Crippen LogP contribution in [0.1, 0.15) is 30.0 Å². The van der Waals surface area contributed by atoms with Crippen molar-refractivity contribution in [1.29, 1.82) is 0 Å². The van der Waals surface area contributed by atoms with Gasteiger partial charge in [-0.3, -0.25) is 0 Å². The lowest BCUT2D eigenvalue weighted by atomic mass is 10.2. The van der Waals surface area contributed by atoms with E-state index in [1.165, 1.54) is 18.4 Å². The maximum atomic E-state index is 4.68. The van der Waals surface area contributed by atoms with Crippen molar-refractivity contribution in [2.45, 2.75) is 25.7 Å². The van der Waals surface area contributed by atoms with Crippen molar-refractivity contribution in [1.82, 2.24) is 14.9 Å². The average Bonchev–Trinajstić information content (AvgIpc) is 3.34. The molecule has 0 bridgehead atoms. The third-order valence-electron chi connectivity index (χ3n) is 4.03. The van der Waals surface area contributed by atoms with Gasteiger partial charge in [0.2, 0.25) is 5.95 Å². The standard InChI is InChI=1S/C18H24BrN5/c1-12-10-14(19)6-7-15(12)21-17-11-16(13-4-5-13)22-18(23-17)20-8-9-24(2)3/h6-7,10-11,13H,4-5,8-9H2,1-3H3,(H2,20,21,22,23). The average molecular weight is 390 g/mol. The van der Waals surface area contributed by atoms with Gasteiger partial charge in [0.25, 0.3) is 0 Å². The molecule has 3 rings (SSSR count). The predicted octanol–water partition coefficient (Wildman–Crippen LogP) is 4.14. The quantitative estimate of drug-likeness (QED) is 0.744. The van der Waals surface area contributed by atoms with E-state index in [0.717, 1.165) is 34.8 Å². The normalized spacial score (nSPS) is 14.0. The van der Waals surface area contributed by atoms with Crippen molar-refractivity contribution in [2.24, 2.45) is 0 Å². The zero-order valence-corrected chi connectivity index (χ0v) is 16.0. The van der Waals surface area contributed by atoms with Crippen LogP contribution in [-0.4, -0.2) is 42.1 Å². The van der Waals surface area contributed by atoms with Crippen LogP contribution in [0.4, 0.5) is 17.5 Å². The van der Waals surface area contributed by atoms with Gasteiger partial charge in [-0.15, -0.1) is 0 Å². The second-order valence-corrected chi connectivity index (χ2v) is 7.51. The Labute approximate surface area is 152 Å². The van der Waals surface area contributed by atoms with E-state index in [-0.39, 0.29) is 0 Å². The highest BCUT2D eigenvalue weighted by Crippen LogP contribution is 2.40. The van der Waals surface area contributed by atoms with E-state index in [0.29, 0.717) is 11.9 Å². The number of nitrogens with one attached hydrogen (secondary N) is 2. The minimum atomic E-state index is 0.592. The number of halogens is 1. The summed E-state index contributed by atoms with van der Waals surface area (Å²) in [4.78, 5) is 11.5. The van der Waals surface area contributed by atoms with Gasteiger partial charge in [-0.2, -0.15) is 4.98 Å². The minimum absolute atomic E-state index is 0.592. The SMILES string of the molecule is Cc1cc(Br)ccc1Nc1cc(C2CC2)nc(NCCN(C)C)n1. The van der Waals surface area contributed by atoms with E-state index in [9.17, 15) is 0 Å². The van der Waals surface area contributed by atoms with Crippen molar-refractivity contribution in [2.75, 3.05) is 37.8 Å². The lowest BCUT2D eigenvalue weighted by Gasteiger charge is -2.14. The molecule has 2 aromatic rings. The van der Waals surface area contributed by atoms with E-state index in [1.54, 1.807) is 0 Å². The minimum Gasteiger partial charge on any atom is -0.353 e. The Balaban J connectivity index is 1.79. The molecular weight excluding hydrogens is 366 g/mol. The Bertz CT molecular complexity index is 713. The van der Waals surface area contributed by atoms with Gasteiger partial charge >= 0.3 is 0 Å². The van der Waals surface area contributed by atoms with Gasteiger partial charge in [-0.25, -0.2) is 4.98 Å². The number of hydrogen-bond donors (Lipinski definition) is 2. The number of benzene rings is 1. The molecule has 5 nitrogen and oxygen atoms in total. The Morgan fingerprint density at radius 2 is 2.00 bits per heavy atom. The lowest BCUT2D eigenvalue weighted by molar-refractivity contribution is 0.425. The fourth-order valence-electron chi connectivity index (χ4n) is 2.49. The van der Waals surface area contributed by atoms with Crippen LogP contribution in [0.2, 0.25) is 0 Å². The maximum Gasteiger partial charge on any atom is 0.224 e. The molecule has 0 amide bonds. The van der Waals surface area contributed by atoms with Crippen LogP contribution in [0, 0.1) is 6.92 Å². The molecular formula is C18H24BrN5. The number of nitrogens with zero attached hydrogens (tertiary/aromatic N) is 3. The third-order valence-corrected chi connectivity index (χ3v) is 4.53. The molecule has 0 atom stereocenters. The van der Waals surface area contributed by atoms with E-state index < -0.39 is 0 Å². The zero-order chi connectivity index (χ0) is 17.1. The summed E-state index contributed by atoms with van der Waals surface area (Å²) >= 11 is 3.50. The van der Waals surface area contributed by atoms with Gasteiger partial charge in [-0.1, -0.05) is 15.9 Å². The lowest BCUT2D eigenvalue weighted by Crippen LogP contribution is -2.21. The van der Waals surface area contributed by atoms with Gasteiger partial charge < -0.3 is 15.5 Å². The van der Waals surface area contributed by atoms with Crippen molar-refractivity contribution < 1.29 is 0 Å². The molecule has 1 aliphatic rings. The molecule has 0 radical (unpaired) electrons. The highest BCUT2D eigenvalue weighted by Gasteiger charge is 2.26. The highest BCUT2D eigenvalue weighted by molar-refractivity contribution is 9.10. The Morgan fingerprint density at radius 1 is 1.21 bits per heavy atom. The van der Waals surface area contributed by atoms with E-state index >= 15 is 0 Å². The first kappa shape index (κ1) is 17.2. The monoisotopic (exact) mass is 389 g/mol. The second-order valence-electron chi connectivity index (χ2n) is 6.59. The largest absolute Gasteiger partial charge is 0.353 e. The van der Waals surface area contributed by atoms with Crippen molar-refractivity contribution >= 4 is 33.4 Å². The summed E-state index contributed by atoms with van der Waals surface area (Å²) < 4.78 is 1.08. The first-order valence-corrected chi connectivity index (χ1v) is 9.11. The van der Waals surface area contributed by atoms with Gasteiger partial charge in [-0.05, 0) is 57.6 Å². The summed E-state index contributed by atoms with van der Waals surface area (Å²) in [6.45, 7) is 3.87. The van der Waals surface area contributed by atoms with Crippen LogP contribution < -0.4 is 10.6 Å². The fraction of sp³-hybridized carbons (Fsp3) is 0.444. The van der Waals surface area contributed by atoms with E-state index in [1.807, 2.05) is 6.07 Å². The van der Waals surface area contributed by atoms with Crippen LogP contribution in [0.5, 0.6) is 0 Å². The van der Waals surface area contributed by atoms with Crippen LogP contribution >= 0.6 is 15.9 Å². The van der Waals surface area contributed by atoms with Gasteiger partial charge in [0.05, 0.1) is 5.69 Å². The fourth-order valence-corrected chi connectivity index (χ4v) is 2.97. The molecule has 0 saturated heterocycles. The predicted molar refractivity (Wildman–Crippen MR) is 103 cm³/mol. The Kier molecular flexibility index (Phi) is 5.36. The number of likely N-dealkylation sites (N-methyl/N-ethyl adjacent to an activating group) is 1. The molecule has 1 heterocycles. The topological polar surface area (TPSA) is 53.1 Å². The number of aryl methyl sites for hydroxylation is 1. The molecule has 1 aromatic heterocycles. The highest BCUT2D eigenvalue weighted by atomic mass is 79.9. The van der Waals surface area contributed by atoms with Crippen LogP contribution in [0.25, 0.3) is 0 Å². The molecule has 1 saturated carbocycles. The van der Waals surface area contributed by atoms with E-state index in [2.05, 4.69) is 80.6 Å². The first-order valence-electron chi connectivity index (χ1n) is 8.32. The van der Waals surface area contributed by atoms with Gasteiger partial charge in [0.1, 0.15) is 5.82 Å². The molecule has 128 valence electrons. The molecule has 6 heteroatoms. The molecule has 0 spiro atoms. The molecule has 1 aromatic carbocycles. The smallest absolute Gasteiger partial charge is 0.224 e. The van der Waals surface area contributed by atoms with Crippen molar-refractivity contribution in [3.63, 3.8) is 0 Å². The molecule has 2 N–H and O–H groups in total. The molecule has 0 unspecified atom stereocenters. The molecule has 0 aliphatic heterocycles. The molecule has 24 heavy (non-hydrogen) atoms. The number of anilines is 3. The summed E-state index contributed by atoms with van der Waals surface area (Å²) in [5, 5.41) is 6.78. The van der Waals surface area contributed by atoms with Gasteiger partial charge in [0.15, 0.2) is 0 Å². The van der Waals surface area contributed by atoms with Crippen molar-refractivity contribution in [3.8, 4) is 0 Å². The van der Waals surface area contributed by atoms with Crippen LogP contribution in [-0.2, 0) is 0 Å². The molecule has 1 fully saturated rings. The summed E-state index contributed by atoms with van der Waals surface area (Å²) in [5.41, 5.74) is 3.38. The van der Waals surface area contributed by atoms with Crippen LogP contribution in [0.15, 0.2) is 28.7 Å². The number of aromatic nitrogens is 2. The summed E-state index contributed by atoms with van der Waals surface area (Å²) in [7, 11) is 4.12. The van der Waals surface area contributed by atoms with Crippen molar-refractivity contribution in [3.05, 3.63) is 40.0 Å². The summed E-state index contributed by atoms with van der Waals surface area (Å²) in [5.74, 6) is 2.15. The molecule has 1 aliphatic carbocycles. The Hall–Kier alpha value is -1.66. The zero-order valence-electron chi connectivity index (χ0n) is 14.4. The first-order chi connectivity index (χ1) is 11.5. The second kappa shape index (κ2) is 7.49. The van der Waals surface area contributed by atoms with Crippen LogP contribution in [0.3, 0.4) is 0 Å².